The van der Waals surface area contributed by atoms with E-state index in [9.17, 15) is 0 Å². The first-order valence-electron chi connectivity index (χ1n) is 19.4. The highest BCUT2D eigenvalue weighted by Crippen LogP contribution is 2.54. The van der Waals surface area contributed by atoms with Gasteiger partial charge in [-0.05, 0) is 132 Å². The lowest BCUT2D eigenvalue weighted by Crippen LogP contribution is -2.15. The molecule has 56 heavy (non-hydrogen) atoms. The van der Waals surface area contributed by atoms with Crippen LogP contribution in [0.3, 0.4) is 0 Å². The third kappa shape index (κ3) is 4.34. The highest BCUT2D eigenvalue weighted by molar-refractivity contribution is 6.28. The molecule has 3 nitrogen and oxygen atoms in total. The minimum Gasteiger partial charge on any atom is -0.309 e. The van der Waals surface area contributed by atoms with Crippen molar-refractivity contribution in [2.24, 2.45) is 0 Å². The molecule has 8 aromatic carbocycles. The molecule has 0 N–H and O–H groups in total. The van der Waals surface area contributed by atoms with Gasteiger partial charge in [-0.2, -0.15) is 0 Å². The van der Waals surface area contributed by atoms with E-state index in [1.54, 1.807) is 6.20 Å². The molecule has 0 unspecified atom stereocenters. The molecule has 0 saturated carbocycles. The molecule has 0 aliphatic heterocycles. The molecule has 262 valence electrons. The standard InChI is InChI=1S/C53H35N3/c1-53(2)45-28-34(33-19-25-49-44(27-33)40-12-6-7-13-48(40)56(49)38-10-4-3-5-11-38)16-22-42(45)52-43-23-15-32-14-20-39(41-21-17-35(29-46(52)53)51(43)50(32)41)36-18-24-47(55-31-36)37-9-8-26-54-30-37/h3-31H,1-2H3. The number of pyridine rings is 2. The van der Waals surface area contributed by atoms with Gasteiger partial charge in [-0.3, -0.25) is 9.97 Å². The van der Waals surface area contributed by atoms with Crippen LogP contribution in [0.5, 0.6) is 0 Å². The number of hydrogen-bond donors (Lipinski definition) is 0. The summed E-state index contributed by atoms with van der Waals surface area (Å²) in [6.45, 7) is 4.80. The number of para-hydroxylation sites is 2. The molecule has 1 aliphatic carbocycles. The van der Waals surface area contributed by atoms with Crippen LogP contribution in [0.25, 0.3) is 104 Å². The number of fused-ring (bicyclic) bond motifs is 7. The molecule has 0 atom stereocenters. The van der Waals surface area contributed by atoms with Crippen molar-refractivity contribution in [2.75, 3.05) is 0 Å². The van der Waals surface area contributed by atoms with Gasteiger partial charge in [-0.15, -0.1) is 0 Å². The van der Waals surface area contributed by atoms with Crippen LogP contribution in [-0.2, 0) is 5.41 Å². The van der Waals surface area contributed by atoms with Crippen molar-refractivity contribution < 1.29 is 0 Å². The zero-order valence-corrected chi connectivity index (χ0v) is 31.1. The third-order valence-corrected chi connectivity index (χ3v) is 12.5. The van der Waals surface area contributed by atoms with Crippen LogP contribution >= 0.6 is 0 Å². The summed E-state index contributed by atoms with van der Waals surface area (Å²) in [5.74, 6) is 0. The van der Waals surface area contributed by atoms with Gasteiger partial charge in [0, 0.05) is 51.6 Å². The number of aromatic nitrogens is 3. The van der Waals surface area contributed by atoms with Crippen LogP contribution < -0.4 is 0 Å². The van der Waals surface area contributed by atoms with Gasteiger partial charge in [0.25, 0.3) is 0 Å². The molecule has 0 radical (unpaired) electrons. The zero-order valence-electron chi connectivity index (χ0n) is 31.1. The average Bonchev–Trinajstić information content (AvgIpc) is 3.70. The lowest BCUT2D eigenvalue weighted by atomic mass is 9.80. The molecule has 0 saturated heterocycles. The minimum atomic E-state index is -0.161. The molecule has 3 aromatic heterocycles. The van der Waals surface area contributed by atoms with Crippen LogP contribution in [0.2, 0.25) is 0 Å². The van der Waals surface area contributed by atoms with Crippen molar-refractivity contribution in [3.8, 4) is 50.3 Å². The van der Waals surface area contributed by atoms with Crippen molar-refractivity contribution in [3.05, 3.63) is 187 Å². The van der Waals surface area contributed by atoms with Crippen molar-refractivity contribution in [2.45, 2.75) is 19.3 Å². The van der Waals surface area contributed by atoms with E-state index in [0.717, 1.165) is 16.8 Å². The fourth-order valence-corrected chi connectivity index (χ4v) is 9.76. The van der Waals surface area contributed by atoms with E-state index in [2.05, 4.69) is 175 Å². The minimum absolute atomic E-state index is 0.161. The second-order valence-electron chi connectivity index (χ2n) is 15.8. The summed E-state index contributed by atoms with van der Waals surface area (Å²) in [6, 6.07) is 58.2. The first-order chi connectivity index (χ1) is 27.5. The van der Waals surface area contributed by atoms with Crippen LogP contribution in [0.15, 0.2) is 176 Å². The molecule has 12 rings (SSSR count). The molecule has 1 aliphatic rings. The summed E-state index contributed by atoms with van der Waals surface area (Å²) < 4.78 is 2.38. The molecule has 3 heterocycles. The Labute approximate surface area is 324 Å². The van der Waals surface area contributed by atoms with E-state index >= 15 is 0 Å². The van der Waals surface area contributed by atoms with Crippen LogP contribution in [-0.4, -0.2) is 14.5 Å². The summed E-state index contributed by atoms with van der Waals surface area (Å²) in [5, 5.41) is 10.3. The second-order valence-corrected chi connectivity index (χ2v) is 15.8. The van der Waals surface area contributed by atoms with Crippen LogP contribution in [0, 0.1) is 0 Å². The molecular formula is C53H35N3. The zero-order chi connectivity index (χ0) is 37.1. The van der Waals surface area contributed by atoms with E-state index in [-0.39, 0.29) is 5.41 Å². The van der Waals surface area contributed by atoms with Crippen LogP contribution in [0.4, 0.5) is 0 Å². The number of nitrogens with zero attached hydrogens (tertiary/aromatic N) is 3. The van der Waals surface area contributed by atoms with E-state index in [1.165, 1.54) is 98.8 Å². The highest BCUT2D eigenvalue weighted by atomic mass is 15.0. The number of rotatable bonds is 4. The maximum absolute atomic E-state index is 4.85. The molecular weight excluding hydrogens is 679 g/mol. The quantitative estimate of drug-likeness (QED) is 0.170. The van der Waals surface area contributed by atoms with E-state index < -0.39 is 0 Å². The maximum atomic E-state index is 4.85. The Morgan fingerprint density at radius 3 is 2.05 bits per heavy atom. The van der Waals surface area contributed by atoms with Gasteiger partial charge in [0.05, 0.1) is 16.7 Å². The van der Waals surface area contributed by atoms with Gasteiger partial charge in [0.15, 0.2) is 0 Å². The molecule has 0 amide bonds. The molecule has 11 aromatic rings. The SMILES string of the molecule is CC1(C)c2cc(-c3ccc4c(c3)c3ccccc3n4-c3ccccc3)ccc2-c2c1cc1ccc3c(-c4ccc(-c5cccnc5)nc4)ccc4ccc2c1c43. The van der Waals surface area contributed by atoms with Crippen molar-refractivity contribution in [1.29, 1.82) is 0 Å². The predicted octanol–water partition coefficient (Wildman–Crippen LogP) is 13.8. The van der Waals surface area contributed by atoms with E-state index in [1.807, 2.05) is 18.5 Å². The fraction of sp³-hybridized carbons (Fsp3) is 0.0566. The molecule has 0 spiro atoms. The predicted molar refractivity (Wildman–Crippen MR) is 234 cm³/mol. The Bertz CT molecular complexity index is 3360. The summed E-state index contributed by atoms with van der Waals surface area (Å²) in [6.07, 6.45) is 5.66. The Balaban J connectivity index is 1.00. The van der Waals surface area contributed by atoms with E-state index in [0.29, 0.717) is 0 Å². The van der Waals surface area contributed by atoms with Gasteiger partial charge in [-0.25, -0.2) is 0 Å². The highest BCUT2D eigenvalue weighted by Gasteiger charge is 2.37. The lowest BCUT2D eigenvalue weighted by Gasteiger charge is -2.23. The first-order valence-corrected chi connectivity index (χ1v) is 19.4. The monoisotopic (exact) mass is 713 g/mol. The van der Waals surface area contributed by atoms with Gasteiger partial charge in [-0.1, -0.05) is 111 Å². The maximum Gasteiger partial charge on any atom is 0.0717 e. The summed E-state index contributed by atoms with van der Waals surface area (Å²) >= 11 is 0. The molecule has 0 bridgehead atoms. The Kier molecular flexibility index (Phi) is 6.40. The van der Waals surface area contributed by atoms with E-state index in [4.69, 9.17) is 4.98 Å². The van der Waals surface area contributed by atoms with Gasteiger partial charge < -0.3 is 4.57 Å². The number of benzene rings is 8. The van der Waals surface area contributed by atoms with Gasteiger partial charge in [0.2, 0.25) is 0 Å². The molecule has 0 fully saturated rings. The third-order valence-electron chi connectivity index (χ3n) is 12.5. The van der Waals surface area contributed by atoms with Gasteiger partial charge in [0.1, 0.15) is 0 Å². The smallest absolute Gasteiger partial charge is 0.0717 e. The Hall–Kier alpha value is -7.10. The first kappa shape index (κ1) is 31.3. The number of hydrogen-bond acceptors (Lipinski definition) is 2. The topological polar surface area (TPSA) is 30.7 Å². The fourth-order valence-electron chi connectivity index (χ4n) is 9.76. The normalized spacial score (nSPS) is 13.3. The lowest BCUT2D eigenvalue weighted by molar-refractivity contribution is 0.661. The summed E-state index contributed by atoms with van der Waals surface area (Å²) in [5.41, 5.74) is 15.7. The summed E-state index contributed by atoms with van der Waals surface area (Å²) in [4.78, 5) is 9.14. The van der Waals surface area contributed by atoms with Crippen molar-refractivity contribution in [1.82, 2.24) is 14.5 Å². The largest absolute Gasteiger partial charge is 0.309 e. The van der Waals surface area contributed by atoms with Crippen molar-refractivity contribution >= 4 is 54.1 Å². The summed E-state index contributed by atoms with van der Waals surface area (Å²) in [7, 11) is 0. The molecule has 3 heteroatoms. The Morgan fingerprint density at radius 2 is 1.20 bits per heavy atom. The Morgan fingerprint density at radius 1 is 0.464 bits per heavy atom. The average molecular weight is 714 g/mol. The van der Waals surface area contributed by atoms with Crippen molar-refractivity contribution in [3.63, 3.8) is 0 Å². The second kappa shape index (κ2) is 11.5. The van der Waals surface area contributed by atoms with Gasteiger partial charge >= 0.3 is 0 Å². The van der Waals surface area contributed by atoms with Crippen LogP contribution in [0.1, 0.15) is 25.0 Å².